The maximum absolute atomic E-state index is 14.1. The number of fused-ring (bicyclic) bond motifs is 1. The van der Waals surface area contributed by atoms with Crippen molar-refractivity contribution in [1.29, 1.82) is 0 Å². The quantitative estimate of drug-likeness (QED) is 0.391. The third-order valence-corrected chi connectivity index (χ3v) is 8.26. The normalized spacial score (nSPS) is 18.1. The molecule has 10 heteroatoms. The van der Waals surface area contributed by atoms with Crippen molar-refractivity contribution >= 4 is 17.5 Å². The average molecular weight is 587 g/mol. The molecule has 0 bridgehead atoms. The summed E-state index contributed by atoms with van der Waals surface area (Å²) in [4.78, 5) is 31.4. The van der Waals surface area contributed by atoms with Crippen molar-refractivity contribution < 1.29 is 28.2 Å². The van der Waals surface area contributed by atoms with Gasteiger partial charge >= 0.3 is 0 Å². The predicted octanol–water partition coefficient (Wildman–Crippen LogP) is 4.32. The summed E-state index contributed by atoms with van der Waals surface area (Å²) in [6.07, 6.45) is 0.500. The van der Waals surface area contributed by atoms with Crippen LogP contribution in [0.3, 0.4) is 0 Å². The number of benzene rings is 3. The zero-order valence-electron chi connectivity index (χ0n) is 24.4. The van der Waals surface area contributed by atoms with Crippen LogP contribution in [0.1, 0.15) is 45.1 Å². The highest BCUT2D eigenvalue weighted by molar-refractivity contribution is 6.04. The van der Waals surface area contributed by atoms with E-state index < -0.39 is 17.8 Å². The lowest BCUT2D eigenvalue weighted by Gasteiger charge is -2.31. The smallest absolute Gasteiger partial charge is 0.262 e. The molecule has 9 nitrogen and oxygen atoms in total. The lowest BCUT2D eigenvalue weighted by molar-refractivity contribution is -0.133. The number of halogens is 1. The van der Waals surface area contributed by atoms with E-state index in [0.717, 1.165) is 35.5 Å². The molecule has 2 amide bonds. The largest absolute Gasteiger partial charge is 0.454 e. The second-order valence-corrected chi connectivity index (χ2v) is 11.1. The summed E-state index contributed by atoms with van der Waals surface area (Å²) >= 11 is 0. The lowest BCUT2D eigenvalue weighted by Crippen LogP contribution is -2.46. The van der Waals surface area contributed by atoms with Crippen LogP contribution < -0.4 is 9.47 Å². The van der Waals surface area contributed by atoms with Crippen molar-refractivity contribution in [2.24, 2.45) is 5.10 Å². The number of amides is 2. The molecule has 1 saturated heterocycles. The van der Waals surface area contributed by atoms with Crippen molar-refractivity contribution in [3.05, 3.63) is 94.3 Å². The monoisotopic (exact) mass is 586 g/mol. The van der Waals surface area contributed by atoms with E-state index in [9.17, 15) is 14.0 Å². The first-order valence-electron chi connectivity index (χ1n) is 14.6. The molecule has 3 aromatic rings. The number of hydrogen-bond donors (Lipinski definition) is 0. The van der Waals surface area contributed by atoms with Crippen LogP contribution in [-0.2, 0) is 9.53 Å². The number of hydrogen-bond acceptors (Lipinski definition) is 7. The maximum atomic E-state index is 14.1. The van der Waals surface area contributed by atoms with Crippen LogP contribution in [0.15, 0.2) is 65.8 Å². The van der Waals surface area contributed by atoms with Gasteiger partial charge in [0.05, 0.1) is 25.0 Å². The van der Waals surface area contributed by atoms with Crippen molar-refractivity contribution in [1.82, 2.24) is 14.8 Å². The van der Waals surface area contributed by atoms with E-state index in [1.54, 1.807) is 6.07 Å². The predicted molar refractivity (Wildman–Crippen MR) is 159 cm³/mol. The Bertz CT molecular complexity index is 1550. The fourth-order valence-corrected chi connectivity index (χ4v) is 5.59. The van der Waals surface area contributed by atoms with Crippen LogP contribution in [0.4, 0.5) is 4.39 Å². The minimum absolute atomic E-state index is 0.150. The molecule has 0 radical (unpaired) electrons. The van der Waals surface area contributed by atoms with Gasteiger partial charge < -0.3 is 19.1 Å². The first-order valence-corrected chi connectivity index (χ1v) is 14.6. The summed E-state index contributed by atoms with van der Waals surface area (Å²) in [6, 6.07) is 17.0. The number of hydrazone groups is 1. The number of morpholine rings is 1. The molecule has 0 aromatic heterocycles. The van der Waals surface area contributed by atoms with Gasteiger partial charge in [-0.2, -0.15) is 5.10 Å². The summed E-state index contributed by atoms with van der Waals surface area (Å²) in [5, 5.41) is 6.32. The molecule has 3 aliphatic heterocycles. The lowest BCUT2D eigenvalue weighted by atomic mass is 9.96. The summed E-state index contributed by atoms with van der Waals surface area (Å²) in [7, 11) is 0. The van der Waals surface area contributed by atoms with Crippen molar-refractivity contribution in [2.45, 2.75) is 26.3 Å². The van der Waals surface area contributed by atoms with E-state index in [4.69, 9.17) is 19.3 Å². The average Bonchev–Trinajstić information content (AvgIpc) is 3.68. The second kappa shape index (κ2) is 12.5. The molecule has 224 valence electrons. The van der Waals surface area contributed by atoms with Crippen LogP contribution in [0.5, 0.6) is 11.5 Å². The molecule has 43 heavy (non-hydrogen) atoms. The zero-order chi connectivity index (χ0) is 29.9. The van der Waals surface area contributed by atoms with Crippen molar-refractivity contribution in [3.8, 4) is 11.5 Å². The van der Waals surface area contributed by atoms with Crippen LogP contribution in [0, 0.1) is 19.7 Å². The molecule has 1 fully saturated rings. The van der Waals surface area contributed by atoms with Gasteiger partial charge in [-0.3, -0.25) is 14.5 Å². The highest BCUT2D eigenvalue weighted by Gasteiger charge is 2.35. The highest BCUT2D eigenvalue weighted by atomic mass is 19.1. The Balaban J connectivity index is 1.29. The number of carbonyl (C=O) groups is 2. The Morgan fingerprint density at radius 1 is 0.977 bits per heavy atom. The molecular formula is C33H35FN4O5. The van der Waals surface area contributed by atoms with Gasteiger partial charge in [-0.25, -0.2) is 9.40 Å². The summed E-state index contributed by atoms with van der Waals surface area (Å²) in [5.74, 6) is 0.0461. The molecule has 0 saturated carbocycles. The minimum Gasteiger partial charge on any atom is -0.454 e. The van der Waals surface area contributed by atoms with Gasteiger partial charge in [0.15, 0.2) is 11.5 Å². The highest BCUT2D eigenvalue weighted by Crippen LogP contribution is 2.39. The van der Waals surface area contributed by atoms with Crippen LogP contribution in [0.2, 0.25) is 0 Å². The van der Waals surface area contributed by atoms with Crippen molar-refractivity contribution in [2.75, 3.05) is 52.7 Å². The number of ether oxygens (including phenoxy) is 3. The molecule has 0 N–H and O–H groups in total. The van der Waals surface area contributed by atoms with E-state index in [2.05, 4.69) is 30.9 Å². The van der Waals surface area contributed by atoms with E-state index in [1.165, 1.54) is 33.7 Å². The number of rotatable bonds is 8. The Labute approximate surface area is 250 Å². The fourth-order valence-electron chi connectivity index (χ4n) is 5.59. The van der Waals surface area contributed by atoms with E-state index in [-0.39, 0.29) is 24.8 Å². The summed E-state index contributed by atoms with van der Waals surface area (Å²) < 4.78 is 30.6. The Hall–Kier alpha value is -4.28. The Kier molecular flexibility index (Phi) is 8.40. The van der Waals surface area contributed by atoms with E-state index in [0.29, 0.717) is 44.2 Å². The molecule has 6 rings (SSSR count). The molecular weight excluding hydrogens is 551 g/mol. The van der Waals surface area contributed by atoms with Gasteiger partial charge in [0.25, 0.3) is 11.8 Å². The molecule has 1 unspecified atom stereocenters. The topological polar surface area (TPSA) is 83.9 Å². The molecule has 0 aliphatic carbocycles. The fraction of sp³-hybridized carbons (Fsp3) is 0.364. The van der Waals surface area contributed by atoms with Crippen LogP contribution >= 0.6 is 0 Å². The number of nitrogens with zero attached hydrogens (tertiary/aromatic N) is 4. The standard InChI is InChI=1S/C33H35FN4O5/c1-22-6-7-24(16-23(22)2)28-19-29(25-8-9-30-31(18-25)43-21-42-30)38(35-28)32(39)20-37(11-10-36-12-14-41-15-13-36)33(40)26-4-3-5-27(34)17-26/h3-9,16-18,29H,10-15,19-21H2,1-2H3. The molecule has 3 heterocycles. The van der Waals surface area contributed by atoms with Gasteiger partial charge in [-0.1, -0.05) is 24.3 Å². The Morgan fingerprint density at radius 3 is 2.58 bits per heavy atom. The van der Waals surface area contributed by atoms with Crippen molar-refractivity contribution in [3.63, 3.8) is 0 Å². The third kappa shape index (κ3) is 6.40. The first-order chi connectivity index (χ1) is 20.9. The second-order valence-electron chi connectivity index (χ2n) is 11.1. The van der Waals surface area contributed by atoms with Crippen LogP contribution in [0.25, 0.3) is 0 Å². The van der Waals surface area contributed by atoms with Crippen LogP contribution in [-0.4, -0.2) is 85.1 Å². The Morgan fingerprint density at radius 2 is 1.79 bits per heavy atom. The van der Waals surface area contributed by atoms with Gasteiger partial charge in [-0.05, 0) is 72.5 Å². The molecule has 3 aliphatic rings. The van der Waals surface area contributed by atoms with Gasteiger partial charge in [0.2, 0.25) is 6.79 Å². The summed E-state index contributed by atoms with van der Waals surface area (Å²) in [5.41, 5.74) is 5.10. The minimum atomic E-state index is -0.504. The van der Waals surface area contributed by atoms with Gasteiger partial charge in [0, 0.05) is 38.2 Å². The molecule has 3 aromatic carbocycles. The number of aryl methyl sites for hydroxylation is 2. The maximum Gasteiger partial charge on any atom is 0.262 e. The molecule has 1 atom stereocenters. The third-order valence-electron chi connectivity index (χ3n) is 8.26. The number of carbonyl (C=O) groups excluding carboxylic acids is 2. The first kappa shape index (κ1) is 28.8. The molecule has 0 spiro atoms. The summed E-state index contributed by atoms with van der Waals surface area (Å²) in [6.45, 7) is 7.67. The zero-order valence-corrected chi connectivity index (χ0v) is 24.4. The van der Waals surface area contributed by atoms with E-state index >= 15 is 0 Å². The van der Waals surface area contributed by atoms with Gasteiger partial charge in [-0.15, -0.1) is 0 Å². The van der Waals surface area contributed by atoms with Gasteiger partial charge in [0.1, 0.15) is 12.4 Å². The van der Waals surface area contributed by atoms with E-state index in [1.807, 2.05) is 24.3 Å². The SMILES string of the molecule is Cc1ccc(C2=NN(C(=O)CN(CCN3CCOCC3)C(=O)c3cccc(F)c3)C(c3ccc4c(c3)OCO4)C2)cc1C.